The number of nitrogens with one attached hydrogen (secondary N) is 1. The average Bonchev–Trinajstić information content (AvgIpc) is 2.87. The van der Waals surface area contributed by atoms with E-state index < -0.39 is 28.9 Å². The molecule has 36 heavy (non-hydrogen) atoms. The molecule has 8 heteroatoms. The molecule has 0 amide bonds. The van der Waals surface area contributed by atoms with Crippen molar-refractivity contribution in [2.75, 3.05) is 7.11 Å². The molecular weight excluding hydrogens is 460 g/mol. The molecule has 1 heterocycles. The fourth-order valence-corrected chi connectivity index (χ4v) is 4.26. The third kappa shape index (κ3) is 6.07. The molecule has 1 aliphatic heterocycles. The number of dihydropyridines is 1. The van der Waals surface area contributed by atoms with Crippen LogP contribution < -0.4 is 5.32 Å². The molecule has 0 radical (unpaired) electrons. The number of carbonyl (C=O) groups is 2. The second-order valence-electron chi connectivity index (χ2n) is 8.48. The largest absolute Gasteiger partial charge is 0.466 e. The highest BCUT2D eigenvalue weighted by atomic mass is 16.6. The first kappa shape index (κ1) is 26.4. The Bertz CT molecular complexity index is 1230. The van der Waals surface area contributed by atoms with E-state index in [1.54, 1.807) is 19.9 Å². The van der Waals surface area contributed by atoms with Crippen molar-refractivity contribution >= 4 is 23.7 Å². The standard InChI is InChI=1S/C28H30N2O6/c1-5-10-23(16-15-20-11-7-6-8-12-20)36-28(32)25-19(3)29-18(2)24(27(31)35-4)26(25)21-13-9-14-22(17-21)30(33)34/h6-9,11-17,23,26,29H,5,10H2,1-4H3. The van der Waals surface area contributed by atoms with E-state index in [0.717, 1.165) is 12.0 Å². The van der Waals surface area contributed by atoms with E-state index in [1.807, 2.05) is 49.4 Å². The van der Waals surface area contributed by atoms with Crippen LogP contribution in [0.25, 0.3) is 6.08 Å². The van der Waals surface area contributed by atoms with Crippen LogP contribution in [-0.2, 0) is 19.1 Å². The minimum absolute atomic E-state index is 0.145. The number of rotatable bonds is 9. The van der Waals surface area contributed by atoms with E-state index >= 15 is 0 Å². The lowest BCUT2D eigenvalue weighted by molar-refractivity contribution is -0.384. The third-order valence-electron chi connectivity index (χ3n) is 5.93. The SMILES string of the molecule is CCCC(C=Cc1ccccc1)OC(=O)C1=C(C)NC(C)=C(C(=O)OC)C1c1cccc([N+](=O)[O-])c1. The van der Waals surface area contributed by atoms with Gasteiger partial charge in [0, 0.05) is 23.5 Å². The maximum absolute atomic E-state index is 13.6. The first-order valence-corrected chi connectivity index (χ1v) is 11.7. The zero-order valence-corrected chi connectivity index (χ0v) is 20.8. The van der Waals surface area contributed by atoms with Gasteiger partial charge in [0.2, 0.25) is 0 Å². The van der Waals surface area contributed by atoms with Crippen molar-refractivity contribution in [3.8, 4) is 0 Å². The molecule has 3 rings (SSSR count). The van der Waals surface area contributed by atoms with E-state index in [2.05, 4.69) is 5.32 Å². The van der Waals surface area contributed by atoms with Crippen LogP contribution in [0, 0.1) is 10.1 Å². The molecule has 0 saturated heterocycles. The summed E-state index contributed by atoms with van der Waals surface area (Å²) in [5, 5.41) is 14.5. The van der Waals surface area contributed by atoms with Crippen LogP contribution in [0.15, 0.2) is 83.2 Å². The number of allylic oxidation sites excluding steroid dienone is 2. The summed E-state index contributed by atoms with van der Waals surface area (Å²) in [6, 6.07) is 15.6. The zero-order valence-electron chi connectivity index (χ0n) is 20.8. The molecular formula is C28H30N2O6. The van der Waals surface area contributed by atoms with Crippen molar-refractivity contribution in [2.24, 2.45) is 0 Å². The summed E-state index contributed by atoms with van der Waals surface area (Å²) >= 11 is 0. The number of non-ortho nitro benzene ring substituents is 1. The summed E-state index contributed by atoms with van der Waals surface area (Å²) in [5.74, 6) is -2.14. The third-order valence-corrected chi connectivity index (χ3v) is 5.93. The molecule has 1 aliphatic rings. The van der Waals surface area contributed by atoms with Gasteiger partial charge in [-0.15, -0.1) is 0 Å². The number of hydrogen-bond acceptors (Lipinski definition) is 7. The summed E-state index contributed by atoms with van der Waals surface area (Å²) in [6.45, 7) is 5.41. The van der Waals surface area contributed by atoms with Gasteiger partial charge in [0.15, 0.2) is 0 Å². The summed E-state index contributed by atoms with van der Waals surface area (Å²) in [7, 11) is 1.25. The molecule has 2 aromatic carbocycles. The van der Waals surface area contributed by atoms with Crippen molar-refractivity contribution in [3.05, 3.63) is 104 Å². The Morgan fingerprint density at radius 1 is 1.06 bits per heavy atom. The van der Waals surface area contributed by atoms with E-state index in [4.69, 9.17) is 9.47 Å². The van der Waals surface area contributed by atoms with Crippen LogP contribution in [0.3, 0.4) is 0 Å². The van der Waals surface area contributed by atoms with Gasteiger partial charge in [-0.2, -0.15) is 0 Å². The summed E-state index contributed by atoms with van der Waals surface area (Å²) < 4.78 is 10.9. The van der Waals surface area contributed by atoms with Crippen LogP contribution in [-0.4, -0.2) is 30.1 Å². The Kier molecular flexibility index (Phi) is 8.78. The Hall–Kier alpha value is -4.20. The van der Waals surface area contributed by atoms with Gasteiger partial charge in [-0.25, -0.2) is 9.59 Å². The molecule has 2 unspecified atom stereocenters. The van der Waals surface area contributed by atoms with Crippen LogP contribution in [0.4, 0.5) is 5.69 Å². The molecule has 0 fully saturated rings. The van der Waals surface area contributed by atoms with Gasteiger partial charge in [0.25, 0.3) is 5.69 Å². The number of nitro benzene ring substituents is 1. The second kappa shape index (κ2) is 12.0. The van der Waals surface area contributed by atoms with Crippen LogP contribution in [0.2, 0.25) is 0 Å². The van der Waals surface area contributed by atoms with Crippen molar-refractivity contribution < 1.29 is 24.0 Å². The lowest BCUT2D eigenvalue weighted by Crippen LogP contribution is -2.33. The number of carbonyl (C=O) groups excluding carboxylic acids is 2. The summed E-state index contributed by atoms with van der Waals surface area (Å²) in [6.07, 6.45) is 4.63. The first-order valence-electron chi connectivity index (χ1n) is 11.7. The van der Waals surface area contributed by atoms with Gasteiger partial charge in [0.1, 0.15) is 6.10 Å². The number of methoxy groups -OCH3 is 1. The maximum Gasteiger partial charge on any atom is 0.337 e. The molecule has 0 aromatic heterocycles. The average molecular weight is 491 g/mol. The molecule has 0 saturated carbocycles. The Balaban J connectivity index is 2.02. The topological polar surface area (TPSA) is 108 Å². The fraction of sp³-hybridized carbons (Fsp3) is 0.286. The lowest BCUT2D eigenvalue weighted by atomic mass is 9.80. The van der Waals surface area contributed by atoms with Crippen LogP contribution in [0.1, 0.15) is 50.7 Å². The summed E-state index contributed by atoms with van der Waals surface area (Å²) in [5.41, 5.74) is 2.66. The van der Waals surface area contributed by atoms with Crippen molar-refractivity contribution in [1.82, 2.24) is 5.32 Å². The number of hydrogen-bond donors (Lipinski definition) is 1. The second-order valence-corrected chi connectivity index (χ2v) is 8.48. The van der Waals surface area contributed by atoms with E-state index in [9.17, 15) is 19.7 Å². The van der Waals surface area contributed by atoms with Crippen molar-refractivity contribution in [2.45, 2.75) is 45.6 Å². The first-order chi connectivity index (χ1) is 17.3. The summed E-state index contributed by atoms with van der Waals surface area (Å²) in [4.78, 5) is 37.3. The number of ether oxygens (including phenoxy) is 2. The molecule has 0 bridgehead atoms. The van der Waals surface area contributed by atoms with Crippen LogP contribution >= 0.6 is 0 Å². The van der Waals surface area contributed by atoms with E-state index in [1.165, 1.54) is 25.3 Å². The predicted molar refractivity (Wildman–Crippen MR) is 137 cm³/mol. The van der Waals surface area contributed by atoms with Crippen molar-refractivity contribution in [1.29, 1.82) is 0 Å². The Labute approximate surface area is 210 Å². The predicted octanol–water partition coefficient (Wildman–Crippen LogP) is 5.43. The number of benzene rings is 2. The number of nitro groups is 1. The van der Waals surface area contributed by atoms with Crippen LogP contribution in [0.5, 0.6) is 0 Å². The van der Waals surface area contributed by atoms with Gasteiger partial charge in [0.05, 0.1) is 29.1 Å². The number of esters is 2. The van der Waals surface area contributed by atoms with Gasteiger partial charge in [-0.1, -0.05) is 61.9 Å². The molecule has 0 spiro atoms. The quantitative estimate of drug-likeness (QED) is 0.284. The normalized spacial score (nSPS) is 16.5. The highest BCUT2D eigenvalue weighted by molar-refractivity contribution is 6.00. The van der Waals surface area contributed by atoms with E-state index in [-0.39, 0.29) is 16.8 Å². The molecule has 2 atom stereocenters. The van der Waals surface area contributed by atoms with Gasteiger partial charge in [-0.3, -0.25) is 10.1 Å². The number of nitrogens with zero attached hydrogens (tertiary/aromatic N) is 1. The smallest absolute Gasteiger partial charge is 0.337 e. The minimum atomic E-state index is -0.897. The molecule has 2 aromatic rings. The Morgan fingerprint density at radius 3 is 2.33 bits per heavy atom. The molecule has 1 N–H and O–H groups in total. The highest BCUT2D eigenvalue weighted by Gasteiger charge is 2.38. The lowest BCUT2D eigenvalue weighted by Gasteiger charge is -2.30. The van der Waals surface area contributed by atoms with Gasteiger partial charge in [-0.05, 0) is 37.5 Å². The monoisotopic (exact) mass is 490 g/mol. The molecule has 0 aliphatic carbocycles. The molecule has 188 valence electrons. The van der Waals surface area contributed by atoms with E-state index in [0.29, 0.717) is 23.4 Å². The van der Waals surface area contributed by atoms with Gasteiger partial charge >= 0.3 is 11.9 Å². The zero-order chi connectivity index (χ0) is 26.2. The molecule has 8 nitrogen and oxygen atoms in total. The maximum atomic E-state index is 13.6. The minimum Gasteiger partial charge on any atom is -0.466 e. The van der Waals surface area contributed by atoms with Gasteiger partial charge < -0.3 is 14.8 Å². The Morgan fingerprint density at radius 2 is 1.72 bits per heavy atom. The van der Waals surface area contributed by atoms with Crippen molar-refractivity contribution in [3.63, 3.8) is 0 Å². The fourth-order valence-electron chi connectivity index (χ4n) is 4.26. The highest BCUT2D eigenvalue weighted by Crippen LogP contribution is 2.40.